The molecule has 0 aliphatic heterocycles. The van der Waals surface area contributed by atoms with Crippen molar-refractivity contribution in [2.24, 2.45) is 0 Å². The van der Waals surface area contributed by atoms with Gasteiger partial charge in [-0.1, -0.05) is 36.4 Å². The second-order valence-corrected chi connectivity index (χ2v) is 4.40. The third kappa shape index (κ3) is 3.72. The van der Waals surface area contributed by atoms with Crippen LogP contribution in [-0.2, 0) is 20.1 Å². The van der Waals surface area contributed by atoms with Gasteiger partial charge < -0.3 is 0 Å². The molecule has 0 unspecified atom stereocenters. The average Bonchev–Trinajstić information content (AvgIpc) is 2.16. The molecule has 0 aromatic heterocycles. The Morgan fingerprint density at radius 3 is 2.50 bits per heavy atom. The van der Waals surface area contributed by atoms with Gasteiger partial charge in [-0.25, -0.2) is 0 Å². The fourth-order valence-electron chi connectivity index (χ4n) is 0.972. The largest absolute Gasteiger partial charge is 0.271 e. The Balaban J connectivity index is 2.64. The Morgan fingerprint density at radius 1 is 1.29 bits per heavy atom. The molecular formula is C10H12O3S. The Morgan fingerprint density at radius 2 is 1.93 bits per heavy atom. The van der Waals surface area contributed by atoms with Crippen LogP contribution in [0.15, 0.2) is 43.0 Å². The molecule has 0 atom stereocenters. The van der Waals surface area contributed by atoms with Crippen LogP contribution in [0.3, 0.4) is 0 Å². The molecule has 0 radical (unpaired) electrons. The van der Waals surface area contributed by atoms with Crippen molar-refractivity contribution in [3.8, 4) is 0 Å². The molecule has 0 bridgehead atoms. The number of hydrogen-bond acceptors (Lipinski definition) is 3. The first kappa shape index (κ1) is 10.9. The first-order valence-electron chi connectivity index (χ1n) is 4.16. The van der Waals surface area contributed by atoms with Crippen molar-refractivity contribution in [1.29, 1.82) is 0 Å². The van der Waals surface area contributed by atoms with Gasteiger partial charge in [-0.3, -0.25) is 4.18 Å². The van der Waals surface area contributed by atoms with E-state index in [2.05, 4.69) is 10.8 Å². The van der Waals surface area contributed by atoms with E-state index in [4.69, 9.17) is 0 Å². The molecule has 1 aromatic rings. The summed E-state index contributed by atoms with van der Waals surface area (Å²) in [6.45, 7) is 3.40. The van der Waals surface area contributed by atoms with Gasteiger partial charge in [-0.05, 0) is 5.56 Å². The maximum Gasteiger partial charge on any atom is 0.271 e. The number of benzene rings is 1. The van der Waals surface area contributed by atoms with Crippen LogP contribution in [0.5, 0.6) is 0 Å². The van der Waals surface area contributed by atoms with E-state index in [9.17, 15) is 8.42 Å². The Kier molecular flexibility index (Phi) is 3.85. The molecular weight excluding hydrogens is 200 g/mol. The van der Waals surface area contributed by atoms with Gasteiger partial charge >= 0.3 is 0 Å². The molecule has 0 amide bonds. The molecule has 0 N–H and O–H groups in total. The third-order valence-corrected chi connectivity index (χ3v) is 2.73. The van der Waals surface area contributed by atoms with E-state index in [1.165, 1.54) is 6.08 Å². The maximum absolute atomic E-state index is 11.3. The summed E-state index contributed by atoms with van der Waals surface area (Å²) >= 11 is 0. The van der Waals surface area contributed by atoms with Gasteiger partial charge in [0.1, 0.15) is 5.75 Å². The third-order valence-electron chi connectivity index (χ3n) is 1.55. The number of rotatable bonds is 5. The molecule has 0 saturated heterocycles. The molecule has 14 heavy (non-hydrogen) atoms. The fraction of sp³-hybridized carbons (Fsp3) is 0.200. The second kappa shape index (κ2) is 4.93. The van der Waals surface area contributed by atoms with Crippen molar-refractivity contribution < 1.29 is 12.6 Å². The zero-order valence-corrected chi connectivity index (χ0v) is 8.53. The predicted octanol–water partition coefficient (Wildman–Crippen LogP) is 1.72. The van der Waals surface area contributed by atoms with Gasteiger partial charge in [0, 0.05) is 0 Å². The van der Waals surface area contributed by atoms with Crippen LogP contribution >= 0.6 is 0 Å². The lowest BCUT2D eigenvalue weighted by Gasteiger charge is -2.02. The quantitative estimate of drug-likeness (QED) is 0.551. The van der Waals surface area contributed by atoms with Gasteiger partial charge in [0.2, 0.25) is 0 Å². The summed E-state index contributed by atoms with van der Waals surface area (Å²) in [6, 6.07) is 8.90. The summed E-state index contributed by atoms with van der Waals surface area (Å²) in [5, 5.41) is 0. The summed E-state index contributed by atoms with van der Waals surface area (Å²) in [5.41, 5.74) is 0.719. The molecule has 0 fully saturated rings. The monoisotopic (exact) mass is 212 g/mol. The molecule has 0 heterocycles. The van der Waals surface area contributed by atoms with Gasteiger partial charge in [0.15, 0.2) is 0 Å². The molecule has 1 aromatic carbocycles. The van der Waals surface area contributed by atoms with Crippen molar-refractivity contribution in [2.75, 3.05) is 6.61 Å². The molecule has 1 rings (SSSR count). The van der Waals surface area contributed by atoms with Gasteiger partial charge in [-0.15, -0.1) is 6.58 Å². The summed E-state index contributed by atoms with van der Waals surface area (Å²) in [7, 11) is -3.47. The smallest absolute Gasteiger partial charge is 0.266 e. The van der Waals surface area contributed by atoms with Crippen molar-refractivity contribution in [3.63, 3.8) is 0 Å². The van der Waals surface area contributed by atoms with Crippen molar-refractivity contribution in [2.45, 2.75) is 5.75 Å². The van der Waals surface area contributed by atoms with E-state index in [-0.39, 0.29) is 12.4 Å². The van der Waals surface area contributed by atoms with Crippen LogP contribution < -0.4 is 0 Å². The van der Waals surface area contributed by atoms with Crippen LogP contribution in [0, 0.1) is 0 Å². The number of hydrogen-bond donors (Lipinski definition) is 0. The fourth-order valence-corrected chi connectivity index (χ4v) is 1.96. The lowest BCUT2D eigenvalue weighted by Crippen LogP contribution is -2.08. The Bertz CT molecular complexity index is 381. The van der Waals surface area contributed by atoms with E-state index < -0.39 is 10.1 Å². The molecule has 0 aliphatic carbocycles. The normalized spacial score (nSPS) is 11.1. The summed E-state index contributed by atoms with van der Waals surface area (Å²) in [5.74, 6) is -0.0956. The molecule has 0 spiro atoms. The first-order chi connectivity index (χ1) is 6.64. The van der Waals surface area contributed by atoms with Gasteiger partial charge in [0.05, 0.1) is 6.61 Å². The van der Waals surface area contributed by atoms with E-state index in [0.29, 0.717) is 0 Å². The minimum absolute atomic E-state index is 0.0230. The Labute approximate surface area is 84.1 Å². The van der Waals surface area contributed by atoms with Gasteiger partial charge in [-0.2, -0.15) is 8.42 Å². The van der Waals surface area contributed by atoms with Crippen molar-refractivity contribution >= 4 is 10.1 Å². The lowest BCUT2D eigenvalue weighted by atomic mass is 10.2. The minimum Gasteiger partial charge on any atom is -0.266 e. The zero-order valence-electron chi connectivity index (χ0n) is 7.72. The van der Waals surface area contributed by atoms with E-state index in [0.717, 1.165) is 5.56 Å². The molecule has 76 valence electrons. The van der Waals surface area contributed by atoms with Crippen molar-refractivity contribution in [1.82, 2.24) is 0 Å². The summed E-state index contributed by atoms with van der Waals surface area (Å²) in [4.78, 5) is 0. The van der Waals surface area contributed by atoms with E-state index in [1.54, 1.807) is 24.3 Å². The summed E-state index contributed by atoms with van der Waals surface area (Å²) in [6.07, 6.45) is 1.41. The molecule has 0 saturated carbocycles. The van der Waals surface area contributed by atoms with Crippen LogP contribution in [0.25, 0.3) is 0 Å². The highest BCUT2D eigenvalue weighted by atomic mass is 32.2. The SMILES string of the molecule is C=CCOS(=O)(=O)Cc1ccccc1. The van der Waals surface area contributed by atoms with Gasteiger partial charge in [0.25, 0.3) is 10.1 Å². The standard InChI is InChI=1S/C10H12O3S/c1-2-8-13-14(11,12)9-10-6-4-3-5-7-10/h2-7H,1,8-9H2. The maximum atomic E-state index is 11.3. The highest BCUT2D eigenvalue weighted by Crippen LogP contribution is 2.06. The second-order valence-electron chi connectivity index (χ2n) is 2.76. The molecule has 0 aliphatic rings. The van der Waals surface area contributed by atoms with E-state index >= 15 is 0 Å². The highest BCUT2D eigenvalue weighted by Gasteiger charge is 2.10. The molecule has 4 heteroatoms. The highest BCUT2D eigenvalue weighted by molar-refractivity contribution is 7.85. The first-order valence-corrected chi connectivity index (χ1v) is 5.74. The zero-order chi connectivity index (χ0) is 10.4. The van der Waals surface area contributed by atoms with Crippen LogP contribution in [-0.4, -0.2) is 15.0 Å². The van der Waals surface area contributed by atoms with Crippen LogP contribution in [0.4, 0.5) is 0 Å². The Hall–Kier alpha value is -1.13. The average molecular weight is 212 g/mol. The minimum atomic E-state index is -3.47. The summed E-state index contributed by atoms with van der Waals surface area (Å²) < 4.78 is 27.2. The lowest BCUT2D eigenvalue weighted by molar-refractivity contribution is 0.356. The van der Waals surface area contributed by atoms with Crippen LogP contribution in [0.2, 0.25) is 0 Å². The van der Waals surface area contributed by atoms with Crippen molar-refractivity contribution in [3.05, 3.63) is 48.6 Å². The predicted molar refractivity (Wildman–Crippen MR) is 55.2 cm³/mol. The van der Waals surface area contributed by atoms with E-state index in [1.807, 2.05) is 6.07 Å². The topological polar surface area (TPSA) is 43.4 Å². The molecule has 3 nitrogen and oxygen atoms in total. The van der Waals surface area contributed by atoms with Crippen LogP contribution in [0.1, 0.15) is 5.56 Å².